The third-order valence-corrected chi connectivity index (χ3v) is 4.32. The van der Waals surface area contributed by atoms with Gasteiger partial charge in [0.2, 0.25) is 0 Å². The highest BCUT2D eigenvalue weighted by Crippen LogP contribution is 2.35. The van der Waals surface area contributed by atoms with E-state index in [1.165, 1.54) is 11.3 Å². The molecule has 0 aliphatic heterocycles. The second kappa shape index (κ2) is 4.94. The molecule has 0 fully saturated rings. The second-order valence-corrected chi connectivity index (χ2v) is 7.64. The molecule has 2 heterocycles. The summed E-state index contributed by atoms with van der Waals surface area (Å²) in [5, 5.41) is 16.5. The zero-order valence-corrected chi connectivity index (χ0v) is 14.1. The molecule has 0 saturated heterocycles. The Morgan fingerprint density at radius 3 is 2.43 bits per heavy atom. The number of aliphatic carboxylic acids is 1. The van der Waals surface area contributed by atoms with Gasteiger partial charge in [-0.15, -0.1) is 11.3 Å². The molecule has 5 nitrogen and oxygen atoms in total. The first kappa shape index (κ1) is 15.7. The molecule has 0 aliphatic rings. The lowest BCUT2D eigenvalue weighted by atomic mass is 9.89. The Morgan fingerprint density at radius 1 is 1.29 bits per heavy atom. The van der Waals surface area contributed by atoms with E-state index in [-0.39, 0.29) is 5.41 Å². The Kier molecular flexibility index (Phi) is 3.70. The maximum atomic E-state index is 11.3. The summed E-state index contributed by atoms with van der Waals surface area (Å²) in [6.45, 7) is 9.65. The summed E-state index contributed by atoms with van der Waals surface area (Å²) in [4.78, 5) is 15.9. The number of nitrogens with zero attached hydrogens (tertiary/aromatic N) is 3. The zero-order chi connectivity index (χ0) is 16.0. The average molecular weight is 307 g/mol. The SMILES string of the molecule is Cn1cc(-c2nc(C(C)(C)C(=O)O)cs2)c(C(C)(C)C)n1. The van der Waals surface area contributed by atoms with E-state index < -0.39 is 11.4 Å². The van der Waals surface area contributed by atoms with Crippen molar-refractivity contribution in [1.82, 2.24) is 14.8 Å². The lowest BCUT2D eigenvalue weighted by molar-refractivity contribution is -0.142. The number of carbonyl (C=O) groups is 1. The first-order valence-corrected chi connectivity index (χ1v) is 7.65. The smallest absolute Gasteiger partial charge is 0.315 e. The number of hydrogen-bond acceptors (Lipinski definition) is 4. The molecule has 0 radical (unpaired) electrons. The Balaban J connectivity index is 2.51. The molecule has 0 aliphatic carbocycles. The van der Waals surface area contributed by atoms with Gasteiger partial charge in [-0.1, -0.05) is 20.8 Å². The van der Waals surface area contributed by atoms with Crippen LogP contribution in [0.5, 0.6) is 0 Å². The predicted molar refractivity (Wildman–Crippen MR) is 83.7 cm³/mol. The molecule has 0 aromatic carbocycles. The molecular weight excluding hydrogens is 286 g/mol. The molecule has 2 aromatic heterocycles. The van der Waals surface area contributed by atoms with E-state index in [0.29, 0.717) is 5.69 Å². The molecule has 21 heavy (non-hydrogen) atoms. The van der Waals surface area contributed by atoms with Crippen molar-refractivity contribution in [2.75, 3.05) is 0 Å². The standard InChI is InChI=1S/C15H21N3O2S/c1-14(2,3)11-9(7-18(6)17-11)12-16-10(8-21-12)15(4,5)13(19)20/h7-8H,1-6H3,(H,19,20). The van der Waals surface area contributed by atoms with E-state index in [4.69, 9.17) is 0 Å². The van der Waals surface area contributed by atoms with Crippen LogP contribution in [0.3, 0.4) is 0 Å². The summed E-state index contributed by atoms with van der Waals surface area (Å²) in [5.41, 5.74) is 1.45. The Hall–Kier alpha value is -1.69. The lowest BCUT2D eigenvalue weighted by Gasteiger charge is -2.17. The third kappa shape index (κ3) is 2.85. The highest BCUT2D eigenvalue weighted by molar-refractivity contribution is 7.13. The van der Waals surface area contributed by atoms with Crippen molar-refractivity contribution in [3.8, 4) is 10.6 Å². The van der Waals surface area contributed by atoms with Crippen LogP contribution in [0.4, 0.5) is 0 Å². The van der Waals surface area contributed by atoms with Crippen molar-refractivity contribution in [1.29, 1.82) is 0 Å². The third-order valence-electron chi connectivity index (χ3n) is 3.45. The van der Waals surface area contributed by atoms with Crippen LogP contribution in [-0.2, 0) is 22.7 Å². The molecule has 2 rings (SSSR count). The lowest BCUT2D eigenvalue weighted by Crippen LogP contribution is -2.28. The normalized spacial score (nSPS) is 12.7. The van der Waals surface area contributed by atoms with Gasteiger partial charge in [0.1, 0.15) is 10.4 Å². The fraction of sp³-hybridized carbons (Fsp3) is 0.533. The van der Waals surface area contributed by atoms with E-state index in [1.54, 1.807) is 18.5 Å². The van der Waals surface area contributed by atoms with Crippen LogP contribution in [0.2, 0.25) is 0 Å². The van der Waals surface area contributed by atoms with Gasteiger partial charge in [-0.3, -0.25) is 9.48 Å². The number of rotatable bonds is 3. The summed E-state index contributed by atoms with van der Waals surface area (Å²) >= 11 is 1.46. The Labute approximate surface area is 128 Å². The van der Waals surface area contributed by atoms with Gasteiger partial charge < -0.3 is 5.11 Å². The molecule has 0 amide bonds. The minimum atomic E-state index is -0.987. The minimum Gasteiger partial charge on any atom is -0.481 e. The monoisotopic (exact) mass is 307 g/mol. The maximum absolute atomic E-state index is 11.3. The number of carboxylic acid groups (broad SMARTS) is 1. The number of carboxylic acids is 1. The summed E-state index contributed by atoms with van der Waals surface area (Å²) in [6.07, 6.45) is 1.94. The fourth-order valence-electron chi connectivity index (χ4n) is 1.99. The van der Waals surface area contributed by atoms with E-state index in [9.17, 15) is 9.90 Å². The number of aryl methyl sites for hydroxylation is 1. The van der Waals surface area contributed by atoms with Crippen LogP contribution in [0.15, 0.2) is 11.6 Å². The van der Waals surface area contributed by atoms with Gasteiger partial charge in [0.15, 0.2) is 0 Å². The van der Waals surface area contributed by atoms with Crippen LogP contribution in [0.25, 0.3) is 10.6 Å². The summed E-state index contributed by atoms with van der Waals surface area (Å²) < 4.78 is 1.78. The van der Waals surface area contributed by atoms with Crippen LogP contribution in [0.1, 0.15) is 46.0 Å². The van der Waals surface area contributed by atoms with Crippen molar-refractivity contribution >= 4 is 17.3 Å². The van der Waals surface area contributed by atoms with Crippen molar-refractivity contribution in [2.45, 2.75) is 45.4 Å². The number of hydrogen-bond donors (Lipinski definition) is 1. The molecule has 0 spiro atoms. The van der Waals surface area contributed by atoms with Crippen molar-refractivity contribution in [3.63, 3.8) is 0 Å². The average Bonchev–Trinajstić information content (AvgIpc) is 2.93. The van der Waals surface area contributed by atoms with Crippen molar-refractivity contribution in [3.05, 3.63) is 23.0 Å². The quantitative estimate of drug-likeness (QED) is 0.945. The molecule has 0 unspecified atom stereocenters. The van der Waals surface area contributed by atoms with Gasteiger partial charge in [-0.2, -0.15) is 5.10 Å². The number of thiazole rings is 1. The zero-order valence-electron chi connectivity index (χ0n) is 13.3. The van der Waals surface area contributed by atoms with E-state index in [2.05, 4.69) is 30.9 Å². The van der Waals surface area contributed by atoms with Gasteiger partial charge in [0, 0.05) is 24.0 Å². The summed E-state index contributed by atoms with van der Waals surface area (Å²) in [7, 11) is 1.88. The highest BCUT2D eigenvalue weighted by Gasteiger charge is 2.33. The fourth-order valence-corrected chi connectivity index (χ4v) is 2.99. The molecule has 1 N–H and O–H groups in total. The summed E-state index contributed by atoms with van der Waals surface area (Å²) in [6, 6.07) is 0. The van der Waals surface area contributed by atoms with Crippen LogP contribution < -0.4 is 0 Å². The molecule has 114 valence electrons. The van der Waals surface area contributed by atoms with E-state index in [1.807, 2.05) is 18.6 Å². The Bertz CT molecular complexity index is 677. The molecule has 0 atom stereocenters. The number of aromatic nitrogens is 3. The first-order valence-electron chi connectivity index (χ1n) is 6.77. The van der Waals surface area contributed by atoms with Gasteiger partial charge >= 0.3 is 5.97 Å². The second-order valence-electron chi connectivity index (χ2n) is 6.78. The largest absolute Gasteiger partial charge is 0.481 e. The summed E-state index contributed by atoms with van der Waals surface area (Å²) in [5.74, 6) is -0.874. The van der Waals surface area contributed by atoms with Gasteiger partial charge in [-0.25, -0.2) is 4.98 Å². The van der Waals surface area contributed by atoms with Gasteiger partial charge in [0.25, 0.3) is 0 Å². The highest BCUT2D eigenvalue weighted by atomic mass is 32.1. The maximum Gasteiger partial charge on any atom is 0.315 e. The van der Waals surface area contributed by atoms with Gasteiger partial charge in [-0.05, 0) is 13.8 Å². The minimum absolute atomic E-state index is 0.0925. The Morgan fingerprint density at radius 2 is 1.90 bits per heavy atom. The molecular formula is C15H21N3O2S. The van der Waals surface area contributed by atoms with Crippen LogP contribution in [0, 0.1) is 0 Å². The van der Waals surface area contributed by atoms with E-state index >= 15 is 0 Å². The molecule has 0 bridgehead atoms. The van der Waals surface area contributed by atoms with Crippen molar-refractivity contribution in [2.24, 2.45) is 7.05 Å². The first-order chi connectivity index (χ1) is 9.53. The van der Waals surface area contributed by atoms with Crippen LogP contribution in [-0.4, -0.2) is 25.8 Å². The van der Waals surface area contributed by atoms with Crippen LogP contribution >= 0.6 is 11.3 Å². The molecule has 2 aromatic rings. The van der Waals surface area contributed by atoms with E-state index in [0.717, 1.165) is 16.3 Å². The molecule has 0 saturated carbocycles. The molecule has 6 heteroatoms. The topological polar surface area (TPSA) is 68.0 Å². The predicted octanol–water partition coefficient (Wildman–Crippen LogP) is 3.20. The van der Waals surface area contributed by atoms with Crippen molar-refractivity contribution < 1.29 is 9.90 Å². The van der Waals surface area contributed by atoms with Gasteiger partial charge in [0.05, 0.1) is 17.0 Å².